The molecule has 0 unspecified atom stereocenters. The van der Waals surface area contributed by atoms with Crippen LogP contribution in [0.3, 0.4) is 0 Å². The van der Waals surface area contributed by atoms with E-state index >= 15 is 0 Å². The van der Waals surface area contributed by atoms with E-state index in [-0.39, 0.29) is 11.8 Å². The Morgan fingerprint density at radius 2 is 1.94 bits per heavy atom. The maximum absolute atomic E-state index is 13.3. The number of hydrogen-bond donors (Lipinski definition) is 1. The summed E-state index contributed by atoms with van der Waals surface area (Å²) in [7, 11) is -3.80. The molecule has 0 heterocycles. The zero-order valence-electron chi connectivity index (χ0n) is 9.31. The van der Waals surface area contributed by atoms with Crippen LogP contribution in [0.1, 0.15) is 13.3 Å². The van der Waals surface area contributed by atoms with Crippen molar-refractivity contribution >= 4 is 21.4 Å². The molecule has 0 saturated heterocycles. The van der Waals surface area contributed by atoms with Crippen molar-refractivity contribution in [2.75, 3.05) is 10.5 Å². The van der Waals surface area contributed by atoms with Crippen molar-refractivity contribution < 1.29 is 22.1 Å². The Morgan fingerprint density at radius 3 is 2.44 bits per heavy atom. The van der Waals surface area contributed by atoms with Crippen LogP contribution in [0.4, 0.5) is 20.2 Å². The van der Waals surface area contributed by atoms with Gasteiger partial charge in [-0.05, 0) is 6.42 Å². The molecule has 6 nitrogen and oxygen atoms in total. The predicted octanol–water partition coefficient (Wildman–Crippen LogP) is 2.02. The van der Waals surface area contributed by atoms with E-state index < -0.39 is 38.0 Å². The fraction of sp³-hybridized carbons (Fsp3) is 0.333. The molecule has 0 saturated carbocycles. The highest BCUT2D eigenvalue weighted by Gasteiger charge is 2.21. The van der Waals surface area contributed by atoms with Gasteiger partial charge in [0, 0.05) is 12.1 Å². The molecule has 0 radical (unpaired) electrons. The zero-order chi connectivity index (χ0) is 13.9. The molecule has 0 aromatic heterocycles. The van der Waals surface area contributed by atoms with Gasteiger partial charge in [0.1, 0.15) is 0 Å². The van der Waals surface area contributed by atoms with Gasteiger partial charge in [0.15, 0.2) is 5.82 Å². The molecule has 18 heavy (non-hydrogen) atoms. The van der Waals surface area contributed by atoms with Gasteiger partial charge in [-0.15, -0.1) is 0 Å². The first kappa shape index (κ1) is 14.3. The second-order valence-corrected chi connectivity index (χ2v) is 5.30. The lowest BCUT2D eigenvalue weighted by Crippen LogP contribution is -2.17. The van der Waals surface area contributed by atoms with Crippen molar-refractivity contribution in [3.05, 3.63) is 33.9 Å². The van der Waals surface area contributed by atoms with Crippen LogP contribution in [0.25, 0.3) is 0 Å². The van der Waals surface area contributed by atoms with Crippen LogP contribution in [0.2, 0.25) is 0 Å². The van der Waals surface area contributed by atoms with Crippen LogP contribution in [0.5, 0.6) is 0 Å². The molecule has 0 bridgehead atoms. The molecule has 0 atom stereocenters. The summed E-state index contributed by atoms with van der Waals surface area (Å²) in [6.07, 6.45) is 0.292. The largest absolute Gasteiger partial charge is 0.307 e. The highest BCUT2D eigenvalue weighted by molar-refractivity contribution is 7.92. The van der Waals surface area contributed by atoms with Gasteiger partial charge in [-0.1, -0.05) is 6.92 Å². The summed E-state index contributed by atoms with van der Waals surface area (Å²) in [4.78, 5) is 9.38. The minimum Gasteiger partial charge on any atom is -0.280 e. The highest BCUT2D eigenvalue weighted by atomic mass is 32.2. The van der Waals surface area contributed by atoms with E-state index in [2.05, 4.69) is 0 Å². The number of nitrogens with zero attached hydrogens (tertiary/aromatic N) is 1. The molecular formula is C9H10F2N2O4S. The summed E-state index contributed by atoms with van der Waals surface area (Å²) >= 11 is 0. The zero-order valence-corrected chi connectivity index (χ0v) is 10.1. The summed E-state index contributed by atoms with van der Waals surface area (Å²) in [6, 6.07) is 0.778. The Labute approximate surface area is 102 Å². The number of hydrogen-bond acceptors (Lipinski definition) is 4. The Balaban J connectivity index is 3.18. The first-order valence-corrected chi connectivity index (χ1v) is 6.56. The fourth-order valence-corrected chi connectivity index (χ4v) is 2.37. The van der Waals surface area contributed by atoms with Crippen molar-refractivity contribution in [2.24, 2.45) is 0 Å². The molecule has 0 fully saturated rings. The second-order valence-electron chi connectivity index (χ2n) is 3.46. The molecule has 0 amide bonds. The van der Waals surface area contributed by atoms with Crippen LogP contribution in [0.15, 0.2) is 12.1 Å². The summed E-state index contributed by atoms with van der Waals surface area (Å²) in [5, 5.41) is 10.4. The molecule has 9 heteroatoms. The first-order chi connectivity index (χ1) is 8.26. The van der Waals surface area contributed by atoms with Crippen LogP contribution in [-0.2, 0) is 10.0 Å². The van der Waals surface area contributed by atoms with E-state index in [1.54, 1.807) is 6.92 Å². The van der Waals surface area contributed by atoms with E-state index in [0.29, 0.717) is 12.5 Å². The van der Waals surface area contributed by atoms with Crippen LogP contribution < -0.4 is 4.72 Å². The van der Waals surface area contributed by atoms with Gasteiger partial charge in [0.05, 0.1) is 16.4 Å². The number of halogens is 2. The van der Waals surface area contributed by atoms with Gasteiger partial charge in [-0.3, -0.25) is 14.8 Å². The van der Waals surface area contributed by atoms with E-state index in [1.807, 2.05) is 4.72 Å². The third-order valence-electron chi connectivity index (χ3n) is 1.97. The number of nitrogens with one attached hydrogen (secondary N) is 1. The quantitative estimate of drug-likeness (QED) is 0.660. The summed E-state index contributed by atoms with van der Waals surface area (Å²) in [5.74, 6) is -2.84. The van der Waals surface area contributed by atoms with Crippen LogP contribution in [-0.4, -0.2) is 19.1 Å². The van der Waals surface area contributed by atoms with E-state index in [0.717, 1.165) is 0 Å². The number of anilines is 1. The maximum atomic E-state index is 13.3. The minimum atomic E-state index is -3.80. The molecule has 0 aliphatic heterocycles. The topological polar surface area (TPSA) is 89.3 Å². The van der Waals surface area contributed by atoms with Gasteiger partial charge in [-0.2, -0.15) is 4.39 Å². The van der Waals surface area contributed by atoms with Crippen LogP contribution in [0, 0.1) is 21.7 Å². The number of benzene rings is 1. The van der Waals surface area contributed by atoms with Gasteiger partial charge >= 0.3 is 5.69 Å². The monoisotopic (exact) mass is 280 g/mol. The third kappa shape index (κ3) is 3.36. The smallest absolute Gasteiger partial charge is 0.280 e. The summed E-state index contributed by atoms with van der Waals surface area (Å²) in [6.45, 7) is 1.60. The molecule has 100 valence electrons. The second kappa shape index (κ2) is 5.25. The fourth-order valence-electron chi connectivity index (χ4n) is 1.24. The van der Waals surface area contributed by atoms with Crippen molar-refractivity contribution in [1.82, 2.24) is 0 Å². The standard InChI is InChI=1S/C9H10F2N2O4S/c1-2-3-18(16,17)12-8-5-9(13(14)15)7(11)4-6(8)10/h4-5,12H,2-3H2,1H3. The van der Waals surface area contributed by atoms with Crippen molar-refractivity contribution in [3.8, 4) is 0 Å². The molecular weight excluding hydrogens is 270 g/mol. The highest BCUT2D eigenvalue weighted by Crippen LogP contribution is 2.25. The first-order valence-electron chi connectivity index (χ1n) is 4.90. The lowest BCUT2D eigenvalue weighted by Gasteiger charge is -2.08. The molecule has 1 N–H and O–H groups in total. The number of rotatable bonds is 5. The van der Waals surface area contributed by atoms with Crippen LogP contribution >= 0.6 is 0 Å². The molecule has 0 aliphatic carbocycles. The van der Waals surface area contributed by atoms with Gasteiger partial charge in [0.25, 0.3) is 0 Å². The Bertz CT molecular complexity index is 574. The Kier molecular flexibility index (Phi) is 4.17. The molecule has 1 aromatic rings. The van der Waals surface area contributed by atoms with E-state index in [9.17, 15) is 27.3 Å². The lowest BCUT2D eigenvalue weighted by atomic mass is 10.2. The van der Waals surface area contributed by atoms with E-state index in [1.165, 1.54) is 0 Å². The molecule has 1 rings (SSSR count). The Morgan fingerprint density at radius 1 is 1.33 bits per heavy atom. The normalized spacial score (nSPS) is 11.3. The molecule has 0 aliphatic rings. The Hall–Kier alpha value is -1.77. The van der Waals surface area contributed by atoms with Gasteiger partial charge in [0.2, 0.25) is 15.8 Å². The van der Waals surface area contributed by atoms with E-state index in [4.69, 9.17) is 0 Å². The third-order valence-corrected chi connectivity index (χ3v) is 3.45. The minimum absolute atomic E-state index is 0.266. The molecule has 0 spiro atoms. The number of nitro benzene ring substituents is 1. The predicted molar refractivity (Wildman–Crippen MR) is 60.7 cm³/mol. The average Bonchev–Trinajstić information content (AvgIpc) is 2.21. The summed E-state index contributed by atoms with van der Waals surface area (Å²) < 4.78 is 50.9. The number of sulfonamides is 1. The lowest BCUT2D eigenvalue weighted by molar-refractivity contribution is -0.387. The molecule has 1 aromatic carbocycles. The number of nitro groups is 1. The van der Waals surface area contributed by atoms with Crippen molar-refractivity contribution in [2.45, 2.75) is 13.3 Å². The average molecular weight is 280 g/mol. The van der Waals surface area contributed by atoms with Gasteiger partial charge < -0.3 is 0 Å². The maximum Gasteiger partial charge on any atom is 0.307 e. The SMILES string of the molecule is CCCS(=O)(=O)Nc1cc([N+](=O)[O-])c(F)cc1F. The van der Waals surface area contributed by atoms with Crippen molar-refractivity contribution in [3.63, 3.8) is 0 Å². The van der Waals surface area contributed by atoms with Crippen molar-refractivity contribution in [1.29, 1.82) is 0 Å². The summed E-state index contributed by atoms with van der Waals surface area (Å²) in [5.41, 5.74) is -1.64. The van der Waals surface area contributed by atoms with Gasteiger partial charge in [-0.25, -0.2) is 12.8 Å².